The van der Waals surface area contributed by atoms with E-state index in [9.17, 15) is 8.42 Å². The third-order valence-electron chi connectivity index (χ3n) is 4.62. The van der Waals surface area contributed by atoms with Gasteiger partial charge in [-0.1, -0.05) is 58.7 Å². The first-order valence-electron chi connectivity index (χ1n) is 9.79. The van der Waals surface area contributed by atoms with Crippen molar-refractivity contribution in [1.82, 2.24) is 10.2 Å². The third kappa shape index (κ3) is 5.01. The molecule has 0 aliphatic heterocycles. The molecule has 0 fully saturated rings. The minimum Gasteiger partial charge on any atom is -0.402 e. The molecule has 3 aromatic carbocycles. The van der Waals surface area contributed by atoms with E-state index >= 15 is 0 Å². The number of nitrogens with zero attached hydrogens (tertiary/aromatic N) is 3. The van der Waals surface area contributed by atoms with Gasteiger partial charge in [-0.25, -0.2) is 13.8 Å². The number of sulfonamides is 1. The van der Waals surface area contributed by atoms with Crippen molar-refractivity contribution in [2.75, 3.05) is 10.1 Å². The average molecular weight is 448 g/mol. The van der Waals surface area contributed by atoms with Crippen LogP contribution in [-0.2, 0) is 10.0 Å². The van der Waals surface area contributed by atoms with Gasteiger partial charge in [-0.2, -0.15) is 5.10 Å². The van der Waals surface area contributed by atoms with Gasteiger partial charge in [0.2, 0.25) is 5.89 Å². The Balaban J connectivity index is 1.47. The molecule has 1 heterocycles. The molecule has 4 rings (SSSR count). The molecular formula is C23H21N5O3S. The molecular weight excluding hydrogens is 426 g/mol. The van der Waals surface area contributed by atoms with Gasteiger partial charge < -0.3 is 4.42 Å². The van der Waals surface area contributed by atoms with E-state index in [0.29, 0.717) is 17.1 Å². The topological polar surface area (TPSA) is 109 Å². The van der Waals surface area contributed by atoms with Crippen LogP contribution < -0.4 is 10.1 Å². The number of benzene rings is 3. The SMILES string of the molecule is Cc1ccc(-c2nnc(N/N=C/c3ccccc3NS(=O)(=O)c3ccc(C)cc3)o2)cc1. The summed E-state index contributed by atoms with van der Waals surface area (Å²) in [6, 6.07) is 21.4. The summed E-state index contributed by atoms with van der Waals surface area (Å²) >= 11 is 0. The molecule has 0 atom stereocenters. The maximum atomic E-state index is 12.7. The predicted molar refractivity (Wildman–Crippen MR) is 124 cm³/mol. The van der Waals surface area contributed by atoms with Gasteiger partial charge in [0.15, 0.2) is 0 Å². The number of para-hydroxylation sites is 1. The van der Waals surface area contributed by atoms with Crippen LogP contribution in [0.2, 0.25) is 0 Å². The molecule has 0 unspecified atom stereocenters. The van der Waals surface area contributed by atoms with Crippen LogP contribution in [0.5, 0.6) is 0 Å². The van der Waals surface area contributed by atoms with Crippen molar-refractivity contribution in [3.63, 3.8) is 0 Å². The number of aromatic nitrogens is 2. The molecule has 0 radical (unpaired) electrons. The minimum atomic E-state index is -3.73. The first-order chi connectivity index (χ1) is 15.4. The van der Waals surface area contributed by atoms with E-state index in [1.54, 1.807) is 48.5 Å². The van der Waals surface area contributed by atoms with Crippen molar-refractivity contribution in [2.24, 2.45) is 5.10 Å². The van der Waals surface area contributed by atoms with Crippen LogP contribution in [0.4, 0.5) is 11.7 Å². The predicted octanol–water partition coefficient (Wildman–Crippen LogP) is 4.60. The van der Waals surface area contributed by atoms with Gasteiger partial charge in [-0.05, 0) is 44.2 Å². The van der Waals surface area contributed by atoms with Gasteiger partial charge in [0.25, 0.3) is 10.0 Å². The standard InChI is InChI=1S/C23H21N5O3S/c1-16-7-11-18(12-8-16)22-25-27-23(31-22)26-24-15-19-5-3-4-6-21(19)28-32(29,30)20-13-9-17(2)10-14-20/h3-15,28H,1-2H3,(H,26,27)/b24-15+. The zero-order chi connectivity index (χ0) is 22.6. The van der Waals surface area contributed by atoms with E-state index in [2.05, 4.69) is 25.4 Å². The van der Waals surface area contributed by atoms with Crippen molar-refractivity contribution in [3.05, 3.63) is 89.5 Å². The summed E-state index contributed by atoms with van der Waals surface area (Å²) in [7, 11) is -3.73. The molecule has 0 saturated heterocycles. The van der Waals surface area contributed by atoms with E-state index in [4.69, 9.17) is 4.42 Å². The largest absolute Gasteiger partial charge is 0.402 e. The van der Waals surface area contributed by atoms with Gasteiger partial charge in [0.05, 0.1) is 16.8 Å². The van der Waals surface area contributed by atoms with Gasteiger partial charge >= 0.3 is 6.01 Å². The Labute approximate surface area is 186 Å². The number of hydrogen-bond donors (Lipinski definition) is 2. The molecule has 32 heavy (non-hydrogen) atoms. The summed E-state index contributed by atoms with van der Waals surface area (Å²) < 4.78 is 33.6. The van der Waals surface area contributed by atoms with Crippen LogP contribution in [0.1, 0.15) is 16.7 Å². The average Bonchev–Trinajstić information content (AvgIpc) is 3.24. The summed E-state index contributed by atoms with van der Waals surface area (Å²) in [6.45, 7) is 3.90. The molecule has 2 N–H and O–H groups in total. The lowest BCUT2D eigenvalue weighted by Crippen LogP contribution is -2.14. The maximum absolute atomic E-state index is 12.7. The summed E-state index contributed by atoms with van der Waals surface area (Å²) in [5.41, 5.74) is 6.55. The Hall–Kier alpha value is -3.98. The normalized spacial score (nSPS) is 11.6. The molecule has 0 bridgehead atoms. The van der Waals surface area contributed by atoms with Crippen LogP contribution in [0.15, 0.2) is 87.2 Å². The van der Waals surface area contributed by atoms with Crippen molar-refractivity contribution in [3.8, 4) is 11.5 Å². The summed E-state index contributed by atoms with van der Waals surface area (Å²) in [5, 5.41) is 12.0. The summed E-state index contributed by atoms with van der Waals surface area (Å²) in [6.07, 6.45) is 1.47. The summed E-state index contributed by atoms with van der Waals surface area (Å²) in [5.74, 6) is 0.369. The Kier molecular flexibility index (Phi) is 6.00. The highest BCUT2D eigenvalue weighted by Gasteiger charge is 2.15. The lowest BCUT2D eigenvalue weighted by Gasteiger charge is -2.10. The van der Waals surface area contributed by atoms with Crippen LogP contribution in [0.25, 0.3) is 11.5 Å². The molecule has 0 amide bonds. The lowest BCUT2D eigenvalue weighted by atomic mass is 10.1. The molecule has 0 spiro atoms. The van der Waals surface area contributed by atoms with Crippen molar-refractivity contribution in [2.45, 2.75) is 18.7 Å². The molecule has 0 saturated carbocycles. The number of nitrogens with one attached hydrogen (secondary N) is 2. The van der Waals surface area contributed by atoms with Crippen molar-refractivity contribution in [1.29, 1.82) is 0 Å². The second kappa shape index (κ2) is 9.03. The smallest absolute Gasteiger partial charge is 0.336 e. The van der Waals surface area contributed by atoms with Crippen LogP contribution >= 0.6 is 0 Å². The van der Waals surface area contributed by atoms with E-state index in [0.717, 1.165) is 16.7 Å². The van der Waals surface area contributed by atoms with Crippen LogP contribution in [-0.4, -0.2) is 24.8 Å². The molecule has 1 aromatic heterocycles. The molecule has 4 aromatic rings. The number of hydrazone groups is 1. The van der Waals surface area contributed by atoms with Gasteiger partial charge in [0.1, 0.15) is 0 Å². The van der Waals surface area contributed by atoms with Crippen molar-refractivity contribution < 1.29 is 12.8 Å². The van der Waals surface area contributed by atoms with Crippen LogP contribution in [0, 0.1) is 13.8 Å². The highest BCUT2D eigenvalue weighted by atomic mass is 32.2. The van der Waals surface area contributed by atoms with E-state index in [1.807, 2.05) is 38.1 Å². The fraction of sp³-hybridized carbons (Fsp3) is 0.0870. The fourth-order valence-corrected chi connectivity index (χ4v) is 3.95. The van der Waals surface area contributed by atoms with E-state index < -0.39 is 10.0 Å². The van der Waals surface area contributed by atoms with Gasteiger partial charge in [-0.3, -0.25) is 4.72 Å². The van der Waals surface area contributed by atoms with E-state index in [1.165, 1.54) is 6.21 Å². The molecule has 9 heteroatoms. The van der Waals surface area contributed by atoms with Crippen LogP contribution in [0.3, 0.4) is 0 Å². The highest BCUT2D eigenvalue weighted by molar-refractivity contribution is 7.92. The quantitative estimate of drug-likeness (QED) is 0.316. The Bertz CT molecular complexity index is 1350. The molecule has 0 aliphatic rings. The highest BCUT2D eigenvalue weighted by Crippen LogP contribution is 2.21. The Morgan fingerprint density at radius 1 is 0.875 bits per heavy atom. The number of hydrogen-bond acceptors (Lipinski definition) is 7. The van der Waals surface area contributed by atoms with Crippen molar-refractivity contribution >= 4 is 27.9 Å². The first-order valence-corrected chi connectivity index (χ1v) is 11.3. The lowest BCUT2D eigenvalue weighted by molar-refractivity contribution is 0.583. The zero-order valence-corrected chi connectivity index (χ0v) is 18.3. The maximum Gasteiger partial charge on any atom is 0.336 e. The third-order valence-corrected chi connectivity index (χ3v) is 6.01. The first kappa shape index (κ1) is 21.3. The Morgan fingerprint density at radius 3 is 2.25 bits per heavy atom. The van der Waals surface area contributed by atoms with E-state index in [-0.39, 0.29) is 10.9 Å². The number of rotatable bonds is 7. The summed E-state index contributed by atoms with van der Waals surface area (Å²) in [4.78, 5) is 0.183. The zero-order valence-electron chi connectivity index (χ0n) is 17.5. The molecule has 162 valence electrons. The Morgan fingerprint density at radius 2 is 1.53 bits per heavy atom. The van der Waals surface area contributed by atoms with Gasteiger partial charge in [0, 0.05) is 11.1 Å². The fourth-order valence-electron chi connectivity index (χ4n) is 2.86. The molecule has 8 nitrogen and oxygen atoms in total. The second-order valence-corrected chi connectivity index (χ2v) is 8.84. The number of aryl methyl sites for hydroxylation is 2. The number of anilines is 2. The minimum absolute atomic E-state index is 0.120. The van der Waals surface area contributed by atoms with Gasteiger partial charge in [-0.15, -0.1) is 5.10 Å². The monoisotopic (exact) mass is 447 g/mol. The second-order valence-electron chi connectivity index (χ2n) is 7.15. The molecule has 0 aliphatic carbocycles.